The minimum absolute atomic E-state index is 0.782. The zero-order valence-corrected chi connectivity index (χ0v) is 11.3. The molecule has 0 saturated heterocycles. The van der Waals surface area contributed by atoms with Crippen LogP contribution in [0.25, 0.3) is 11.4 Å². The largest absolute Gasteiger partial charge is 0.316 e. The van der Waals surface area contributed by atoms with Crippen molar-refractivity contribution in [3.05, 3.63) is 41.0 Å². The maximum absolute atomic E-state index is 4.60. The molecule has 2 rings (SSSR count). The van der Waals surface area contributed by atoms with Gasteiger partial charge in [-0.2, -0.15) is 0 Å². The molecular formula is C14H18N4. The van der Waals surface area contributed by atoms with E-state index >= 15 is 0 Å². The summed E-state index contributed by atoms with van der Waals surface area (Å²) in [5.74, 6) is 0.782. The summed E-state index contributed by atoms with van der Waals surface area (Å²) in [5, 5.41) is 3.15. The van der Waals surface area contributed by atoms with E-state index in [1.807, 2.05) is 40.1 Å². The Hall–Kier alpha value is -1.81. The summed E-state index contributed by atoms with van der Waals surface area (Å²) in [5.41, 5.74) is 5.38. The zero-order valence-electron chi connectivity index (χ0n) is 11.3. The maximum Gasteiger partial charge on any atom is 0.160 e. The Bertz CT molecular complexity index is 540. The van der Waals surface area contributed by atoms with Crippen LogP contribution in [0.15, 0.2) is 18.5 Å². The highest BCUT2D eigenvalue weighted by Gasteiger charge is 2.10. The average Bonchev–Trinajstić information content (AvgIpc) is 2.34. The quantitative estimate of drug-likeness (QED) is 0.896. The van der Waals surface area contributed by atoms with Gasteiger partial charge in [0, 0.05) is 41.5 Å². The van der Waals surface area contributed by atoms with Gasteiger partial charge in [0.15, 0.2) is 5.82 Å². The minimum Gasteiger partial charge on any atom is -0.316 e. The number of pyridine rings is 1. The molecule has 0 saturated carbocycles. The van der Waals surface area contributed by atoms with Gasteiger partial charge in [-0.15, -0.1) is 0 Å². The number of nitrogens with zero attached hydrogens (tertiary/aromatic N) is 3. The van der Waals surface area contributed by atoms with Crippen LogP contribution in [0.4, 0.5) is 0 Å². The fourth-order valence-corrected chi connectivity index (χ4v) is 2.02. The lowest BCUT2D eigenvalue weighted by atomic mass is 10.1. The number of aryl methyl sites for hydroxylation is 3. The van der Waals surface area contributed by atoms with Gasteiger partial charge >= 0.3 is 0 Å². The highest BCUT2D eigenvalue weighted by atomic mass is 14.9. The first-order chi connectivity index (χ1) is 8.63. The summed E-state index contributed by atoms with van der Waals surface area (Å²) < 4.78 is 0. The number of aromatic nitrogens is 3. The summed E-state index contributed by atoms with van der Waals surface area (Å²) in [6.45, 7) is 6.88. The van der Waals surface area contributed by atoms with E-state index < -0.39 is 0 Å². The van der Waals surface area contributed by atoms with Crippen molar-refractivity contribution in [3.8, 4) is 11.4 Å². The molecule has 2 aromatic heterocycles. The molecule has 94 valence electrons. The van der Waals surface area contributed by atoms with Crippen molar-refractivity contribution in [3.63, 3.8) is 0 Å². The molecule has 18 heavy (non-hydrogen) atoms. The Kier molecular flexibility index (Phi) is 3.67. The Labute approximate surface area is 108 Å². The second-order valence-corrected chi connectivity index (χ2v) is 4.42. The van der Waals surface area contributed by atoms with E-state index in [1.165, 1.54) is 5.56 Å². The molecule has 1 N–H and O–H groups in total. The van der Waals surface area contributed by atoms with Crippen molar-refractivity contribution < 1.29 is 0 Å². The van der Waals surface area contributed by atoms with Crippen LogP contribution < -0.4 is 5.32 Å². The van der Waals surface area contributed by atoms with Crippen molar-refractivity contribution in [1.29, 1.82) is 0 Å². The molecule has 0 aliphatic heterocycles. The molecule has 0 aromatic carbocycles. The van der Waals surface area contributed by atoms with Crippen LogP contribution in [0.3, 0.4) is 0 Å². The zero-order chi connectivity index (χ0) is 13.1. The van der Waals surface area contributed by atoms with Gasteiger partial charge in [0.25, 0.3) is 0 Å². The summed E-state index contributed by atoms with van der Waals surface area (Å²) >= 11 is 0. The second-order valence-electron chi connectivity index (χ2n) is 4.42. The van der Waals surface area contributed by atoms with E-state index in [4.69, 9.17) is 0 Å². The molecule has 2 aromatic rings. The van der Waals surface area contributed by atoms with Gasteiger partial charge in [0.05, 0.1) is 0 Å². The van der Waals surface area contributed by atoms with E-state index in [-0.39, 0.29) is 0 Å². The summed E-state index contributed by atoms with van der Waals surface area (Å²) in [6, 6.07) is 1.96. The van der Waals surface area contributed by atoms with E-state index in [2.05, 4.69) is 20.3 Å². The third-order valence-corrected chi connectivity index (χ3v) is 3.04. The van der Waals surface area contributed by atoms with Crippen LogP contribution in [0.2, 0.25) is 0 Å². The third kappa shape index (κ3) is 2.38. The lowest BCUT2D eigenvalue weighted by molar-refractivity contribution is 0.787. The molecule has 0 atom stereocenters. The van der Waals surface area contributed by atoms with E-state index in [0.29, 0.717) is 0 Å². The third-order valence-electron chi connectivity index (χ3n) is 3.04. The Morgan fingerprint density at radius 2 is 1.78 bits per heavy atom. The van der Waals surface area contributed by atoms with Gasteiger partial charge in [-0.05, 0) is 39.4 Å². The highest BCUT2D eigenvalue weighted by molar-refractivity contribution is 5.59. The van der Waals surface area contributed by atoms with Crippen molar-refractivity contribution in [2.75, 3.05) is 7.05 Å². The highest BCUT2D eigenvalue weighted by Crippen LogP contribution is 2.21. The first-order valence-electron chi connectivity index (χ1n) is 6.03. The van der Waals surface area contributed by atoms with Gasteiger partial charge in [-0.25, -0.2) is 9.97 Å². The summed E-state index contributed by atoms with van der Waals surface area (Å²) in [7, 11) is 1.93. The smallest absolute Gasteiger partial charge is 0.160 e. The monoisotopic (exact) mass is 242 g/mol. The van der Waals surface area contributed by atoms with E-state index in [0.717, 1.165) is 34.9 Å². The molecule has 4 nitrogen and oxygen atoms in total. The molecule has 0 unspecified atom stereocenters. The molecule has 0 amide bonds. The van der Waals surface area contributed by atoms with Crippen LogP contribution in [0, 0.1) is 20.8 Å². The van der Waals surface area contributed by atoms with Crippen molar-refractivity contribution in [1.82, 2.24) is 20.3 Å². The van der Waals surface area contributed by atoms with Crippen LogP contribution >= 0.6 is 0 Å². The average molecular weight is 242 g/mol. The molecule has 0 radical (unpaired) electrons. The number of hydrogen-bond acceptors (Lipinski definition) is 4. The second kappa shape index (κ2) is 5.23. The molecule has 2 heterocycles. The SMILES string of the molecule is CNCc1c(C)nc(-c2ccncc2C)nc1C. The molecule has 0 fully saturated rings. The van der Waals surface area contributed by atoms with Gasteiger partial charge in [-0.3, -0.25) is 4.98 Å². The molecule has 0 aliphatic rings. The molecule has 0 spiro atoms. The number of hydrogen-bond donors (Lipinski definition) is 1. The molecular weight excluding hydrogens is 224 g/mol. The van der Waals surface area contributed by atoms with Crippen LogP contribution in [0.5, 0.6) is 0 Å². The van der Waals surface area contributed by atoms with Crippen LogP contribution in [-0.2, 0) is 6.54 Å². The Morgan fingerprint density at radius 3 is 2.33 bits per heavy atom. The van der Waals surface area contributed by atoms with Crippen molar-refractivity contribution in [2.24, 2.45) is 0 Å². The van der Waals surface area contributed by atoms with Gasteiger partial charge in [-0.1, -0.05) is 0 Å². The van der Waals surface area contributed by atoms with E-state index in [1.54, 1.807) is 6.20 Å². The maximum atomic E-state index is 4.60. The van der Waals surface area contributed by atoms with Crippen LogP contribution in [0.1, 0.15) is 22.5 Å². The fourth-order valence-electron chi connectivity index (χ4n) is 2.02. The van der Waals surface area contributed by atoms with Gasteiger partial charge in [0.1, 0.15) is 0 Å². The fraction of sp³-hybridized carbons (Fsp3) is 0.357. The standard InChI is InChI=1S/C14H18N4/c1-9-7-16-6-5-12(9)14-17-10(2)13(8-15-4)11(3)18-14/h5-7,15H,8H2,1-4H3. The Balaban J connectivity index is 2.52. The lowest BCUT2D eigenvalue weighted by Crippen LogP contribution is -2.11. The number of nitrogens with one attached hydrogen (secondary N) is 1. The van der Waals surface area contributed by atoms with Crippen molar-refractivity contribution >= 4 is 0 Å². The molecule has 0 bridgehead atoms. The topological polar surface area (TPSA) is 50.7 Å². The van der Waals surface area contributed by atoms with Gasteiger partial charge < -0.3 is 5.32 Å². The van der Waals surface area contributed by atoms with Crippen LogP contribution in [-0.4, -0.2) is 22.0 Å². The minimum atomic E-state index is 0.782. The predicted molar refractivity (Wildman–Crippen MR) is 72.2 cm³/mol. The predicted octanol–water partition coefficient (Wildman–Crippen LogP) is 2.18. The first-order valence-corrected chi connectivity index (χ1v) is 6.03. The normalized spacial score (nSPS) is 10.7. The van der Waals surface area contributed by atoms with E-state index in [9.17, 15) is 0 Å². The lowest BCUT2D eigenvalue weighted by Gasteiger charge is -2.11. The van der Waals surface area contributed by atoms with Crippen molar-refractivity contribution in [2.45, 2.75) is 27.3 Å². The number of rotatable bonds is 3. The molecule has 0 aliphatic carbocycles. The summed E-state index contributed by atoms with van der Waals surface area (Å²) in [4.78, 5) is 13.3. The first kappa shape index (κ1) is 12.6. The van der Waals surface area contributed by atoms with Gasteiger partial charge in [0.2, 0.25) is 0 Å². The Morgan fingerprint density at radius 1 is 1.11 bits per heavy atom. The molecule has 4 heteroatoms. The summed E-state index contributed by atoms with van der Waals surface area (Å²) in [6.07, 6.45) is 3.61.